The maximum absolute atomic E-state index is 6.44. The van der Waals surface area contributed by atoms with Gasteiger partial charge in [0.25, 0.3) is 0 Å². The summed E-state index contributed by atoms with van der Waals surface area (Å²) < 4.78 is 17.5. The molecule has 104 valence electrons. The molecule has 0 rings (SSSR count). The highest BCUT2D eigenvalue weighted by molar-refractivity contribution is 6.64. The third-order valence-corrected chi connectivity index (χ3v) is 6.93. The van der Waals surface area contributed by atoms with E-state index >= 15 is 0 Å². The predicted molar refractivity (Wildman–Crippen MR) is 71.5 cm³/mol. The molecule has 6 heteroatoms. The summed E-state index contributed by atoms with van der Waals surface area (Å²) in [5.41, 5.74) is 12.5. The Morgan fingerprint density at radius 2 is 1.35 bits per heavy atom. The first-order valence-corrected chi connectivity index (χ1v) is 8.12. The Balaban J connectivity index is 5.33. The lowest BCUT2D eigenvalue weighted by Gasteiger charge is -2.44. The van der Waals surface area contributed by atoms with Crippen molar-refractivity contribution in [2.75, 3.05) is 19.8 Å². The van der Waals surface area contributed by atoms with Crippen molar-refractivity contribution in [2.24, 2.45) is 11.5 Å². The Kier molecular flexibility index (Phi) is 7.46. The molecule has 17 heavy (non-hydrogen) atoms. The molecule has 2 atom stereocenters. The molecule has 0 saturated carbocycles. The first-order valence-electron chi connectivity index (χ1n) is 6.40. The van der Waals surface area contributed by atoms with Crippen molar-refractivity contribution >= 4 is 8.80 Å². The molecule has 0 fully saturated rings. The fraction of sp³-hybridized carbons (Fsp3) is 1.00. The molecule has 0 heterocycles. The monoisotopic (exact) mass is 264 g/mol. The topological polar surface area (TPSA) is 79.7 Å². The highest BCUT2D eigenvalue weighted by Gasteiger charge is 2.60. The van der Waals surface area contributed by atoms with Crippen molar-refractivity contribution < 1.29 is 13.3 Å². The lowest BCUT2D eigenvalue weighted by atomic mass is 10.1. The summed E-state index contributed by atoms with van der Waals surface area (Å²) in [6, 6.07) is -0.246. The second-order valence-electron chi connectivity index (χ2n) is 4.04. The molecular weight excluding hydrogens is 236 g/mol. The van der Waals surface area contributed by atoms with E-state index in [0.717, 1.165) is 0 Å². The van der Waals surface area contributed by atoms with Gasteiger partial charge in [0, 0.05) is 25.9 Å². The molecule has 0 aromatic rings. The molecule has 0 aliphatic rings. The van der Waals surface area contributed by atoms with Gasteiger partial charge in [0.15, 0.2) is 0 Å². The molecule has 0 radical (unpaired) electrons. The van der Waals surface area contributed by atoms with Gasteiger partial charge < -0.3 is 24.7 Å². The summed E-state index contributed by atoms with van der Waals surface area (Å²) in [5.74, 6) is 0. The maximum Gasteiger partial charge on any atom is 0.523 e. The van der Waals surface area contributed by atoms with Crippen LogP contribution in [-0.2, 0) is 13.3 Å². The van der Waals surface area contributed by atoms with Gasteiger partial charge in [-0.2, -0.15) is 0 Å². The Morgan fingerprint density at radius 1 is 1.00 bits per heavy atom. The first-order chi connectivity index (χ1) is 7.94. The third kappa shape index (κ3) is 3.49. The SMILES string of the molecule is CCO[Si](OCC)(OCC)C(N)(CC)C(C)N. The predicted octanol–water partition coefficient (Wildman–Crippen LogP) is 1.03. The van der Waals surface area contributed by atoms with Crippen LogP contribution in [0.2, 0.25) is 0 Å². The molecule has 0 bridgehead atoms. The van der Waals surface area contributed by atoms with E-state index in [0.29, 0.717) is 26.2 Å². The van der Waals surface area contributed by atoms with Crippen LogP contribution in [0.4, 0.5) is 0 Å². The van der Waals surface area contributed by atoms with E-state index in [4.69, 9.17) is 24.7 Å². The Morgan fingerprint density at radius 3 is 1.53 bits per heavy atom. The molecular formula is C11H28N2O3Si. The van der Waals surface area contributed by atoms with Crippen molar-refractivity contribution in [2.45, 2.75) is 52.2 Å². The number of rotatable bonds is 9. The fourth-order valence-corrected chi connectivity index (χ4v) is 5.10. The number of nitrogens with two attached hydrogens (primary N) is 2. The van der Waals surface area contributed by atoms with E-state index in [9.17, 15) is 0 Å². The minimum Gasteiger partial charge on any atom is -0.373 e. The minimum absolute atomic E-state index is 0.246. The Hall–Kier alpha value is 0.0169. The van der Waals surface area contributed by atoms with Crippen molar-refractivity contribution in [1.29, 1.82) is 0 Å². The highest BCUT2D eigenvalue weighted by Crippen LogP contribution is 2.28. The molecule has 0 aliphatic carbocycles. The third-order valence-electron chi connectivity index (χ3n) is 2.97. The largest absolute Gasteiger partial charge is 0.523 e. The second kappa shape index (κ2) is 7.45. The lowest BCUT2D eigenvalue weighted by Crippen LogP contribution is -2.75. The molecule has 4 N–H and O–H groups in total. The van der Waals surface area contributed by atoms with Crippen LogP contribution >= 0.6 is 0 Å². The zero-order valence-electron chi connectivity index (χ0n) is 11.8. The van der Waals surface area contributed by atoms with Crippen LogP contribution in [0.15, 0.2) is 0 Å². The quantitative estimate of drug-likeness (QED) is 0.608. The summed E-state index contributed by atoms with van der Waals surface area (Å²) in [4.78, 5) is 0. The van der Waals surface area contributed by atoms with Gasteiger partial charge in [-0.15, -0.1) is 0 Å². The van der Waals surface area contributed by atoms with Crippen LogP contribution in [0.5, 0.6) is 0 Å². The summed E-state index contributed by atoms with van der Waals surface area (Å²) >= 11 is 0. The summed E-state index contributed by atoms with van der Waals surface area (Å²) in [5, 5.41) is -0.741. The zero-order chi connectivity index (χ0) is 13.5. The average molecular weight is 264 g/mol. The molecule has 2 unspecified atom stereocenters. The smallest absolute Gasteiger partial charge is 0.373 e. The zero-order valence-corrected chi connectivity index (χ0v) is 12.8. The summed E-state index contributed by atoms with van der Waals surface area (Å²) in [6.07, 6.45) is 0.664. The van der Waals surface area contributed by atoms with E-state index in [1.54, 1.807) is 0 Å². The number of hydrogen-bond acceptors (Lipinski definition) is 5. The molecule has 0 saturated heterocycles. The van der Waals surface area contributed by atoms with Crippen LogP contribution in [0.25, 0.3) is 0 Å². The molecule has 5 nitrogen and oxygen atoms in total. The summed E-state index contributed by atoms with van der Waals surface area (Å²) in [6.45, 7) is 11.1. The van der Waals surface area contributed by atoms with Crippen molar-refractivity contribution in [3.63, 3.8) is 0 Å². The van der Waals surface area contributed by atoms with E-state index in [1.165, 1.54) is 0 Å². The van der Waals surface area contributed by atoms with Crippen LogP contribution < -0.4 is 11.5 Å². The molecule has 0 aromatic carbocycles. The number of hydrogen-bond donors (Lipinski definition) is 2. The van der Waals surface area contributed by atoms with Crippen LogP contribution in [0, 0.1) is 0 Å². The Bertz CT molecular complexity index is 200. The van der Waals surface area contributed by atoms with Gasteiger partial charge in [-0.3, -0.25) is 0 Å². The van der Waals surface area contributed by atoms with Crippen LogP contribution in [0.1, 0.15) is 41.0 Å². The van der Waals surface area contributed by atoms with Crippen LogP contribution in [0.3, 0.4) is 0 Å². The molecule has 0 spiro atoms. The molecule has 0 amide bonds. The normalized spacial score (nSPS) is 17.8. The lowest BCUT2D eigenvalue weighted by molar-refractivity contribution is 0.0400. The van der Waals surface area contributed by atoms with Crippen molar-refractivity contribution in [3.8, 4) is 0 Å². The van der Waals surface area contributed by atoms with E-state index in [-0.39, 0.29) is 6.04 Å². The minimum atomic E-state index is -2.96. The van der Waals surface area contributed by atoms with Gasteiger partial charge in [0.2, 0.25) is 0 Å². The summed E-state index contributed by atoms with van der Waals surface area (Å²) in [7, 11) is -2.96. The van der Waals surface area contributed by atoms with Gasteiger partial charge in [-0.25, -0.2) is 0 Å². The molecule has 0 aliphatic heterocycles. The Labute approximate surface area is 106 Å². The standard InChI is InChI=1S/C11H28N2O3Si/c1-6-11(13,10(5)12)17(14-7-2,15-8-3)16-9-4/h10H,6-9,12-13H2,1-5H3. The van der Waals surface area contributed by atoms with Crippen molar-refractivity contribution in [3.05, 3.63) is 0 Å². The maximum atomic E-state index is 6.44. The van der Waals surface area contributed by atoms with E-state index in [1.807, 2.05) is 34.6 Å². The van der Waals surface area contributed by atoms with Gasteiger partial charge in [0.1, 0.15) is 5.16 Å². The van der Waals surface area contributed by atoms with E-state index in [2.05, 4.69) is 0 Å². The second-order valence-corrected chi connectivity index (χ2v) is 6.95. The van der Waals surface area contributed by atoms with Gasteiger partial charge in [-0.05, 0) is 34.1 Å². The first kappa shape index (κ1) is 17.0. The highest BCUT2D eigenvalue weighted by atomic mass is 28.4. The van der Waals surface area contributed by atoms with Gasteiger partial charge in [-0.1, -0.05) is 6.92 Å². The van der Waals surface area contributed by atoms with Gasteiger partial charge in [0.05, 0.1) is 0 Å². The fourth-order valence-electron chi connectivity index (χ4n) is 1.92. The van der Waals surface area contributed by atoms with Crippen LogP contribution in [-0.4, -0.2) is 39.8 Å². The molecule has 0 aromatic heterocycles. The van der Waals surface area contributed by atoms with Gasteiger partial charge >= 0.3 is 8.80 Å². The van der Waals surface area contributed by atoms with Crippen molar-refractivity contribution in [1.82, 2.24) is 0 Å². The average Bonchev–Trinajstić information content (AvgIpc) is 2.28. The van der Waals surface area contributed by atoms with E-state index < -0.39 is 14.0 Å².